The van der Waals surface area contributed by atoms with E-state index in [0.717, 1.165) is 36.0 Å². The maximum absolute atomic E-state index is 10.1. The highest BCUT2D eigenvalue weighted by Crippen LogP contribution is 2.30. The molecule has 1 N–H and O–H groups in total. The summed E-state index contributed by atoms with van der Waals surface area (Å²) in [6.07, 6.45) is 3.19. The molecule has 0 amide bonds. The first-order valence-corrected chi connectivity index (χ1v) is 7.22. The summed E-state index contributed by atoms with van der Waals surface area (Å²) in [5.74, 6) is 0.914. The SMILES string of the molecule is CCN(CCC(O)c1ccc(Cl)cc1)CC1CC1. The van der Waals surface area contributed by atoms with Gasteiger partial charge in [0.05, 0.1) is 6.10 Å². The van der Waals surface area contributed by atoms with Crippen LogP contribution in [-0.4, -0.2) is 29.6 Å². The van der Waals surface area contributed by atoms with Gasteiger partial charge in [0, 0.05) is 18.1 Å². The number of rotatable bonds is 7. The van der Waals surface area contributed by atoms with Crippen molar-refractivity contribution in [3.05, 3.63) is 34.9 Å². The smallest absolute Gasteiger partial charge is 0.0802 e. The van der Waals surface area contributed by atoms with Crippen molar-refractivity contribution < 1.29 is 5.11 Å². The minimum atomic E-state index is -0.379. The molecule has 1 atom stereocenters. The molecule has 100 valence electrons. The Kier molecular flexibility index (Phi) is 5.04. The Labute approximate surface area is 115 Å². The van der Waals surface area contributed by atoms with Crippen molar-refractivity contribution in [2.45, 2.75) is 32.3 Å². The van der Waals surface area contributed by atoms with Crippen molar-refractivity contribution >= 4 is 11.6 Å². The Morgan fingerprint density at radius 1 is 1.33 bits per heavy atom. The van der Waals surface area contributed by atoms with E-state index in [4.69, 9.17) is 11.6 Å². The van der Waals surface area contributed by atoms with E-state index in [2.05, 4.69) is 11.8 Å². The Balaban J connectivity index is 1.78. The molecule has 0 aliphatic heterocycles. The molecule has 1 fully saturated rings. The lowest BCUT2D eigenvalue weighted by molar-refractivity contribution is 0.142. The summed E-state index contributed by atoms with van der Waals surface area (Å²) in [4.78, 5) is 2.44. The molecule has 0 bridgehead atoms. The third kappa shape index (κ3) is 4.27. The molecule has 1 aliphatic rings. The Hall–Kier alpha value is -0.570. The van der Waals surface area contributed by atoms with Crippen molar-refractivity contribution in [1.82, 2.24) is 4.90 Å². The van der Waals surface area contributed by atoms with Gasteiger partial charge in [0.2, 0.25) is 0 Å². The van der Waals surface area contributed by atoms with Gasteiger partial charge in [0.1, 0.15) is 0 Å². The van der Waals surface area contributed by atoms with Crippen LogP contribution in [0.2, 0.25) is 5.02 Å². The van der Waals surface area contributed by atoms with Crippen LogP contribution < -0.4 is 0 Å². The first-order valence-electron chi connectivity index (χ1n) is 6.85. The molecular weight excluding hydrogens is 246 g/mol. The van der Waals surface area contributed by atoms with Gasteiger partial charge in [0.15, 0.2) is 0 Å². The molecule has 0 saturated heterocycles. The van der Waals surface area contributed by atoms with Crippen LogP contribution in [0.25, 0.3) is 0 Å². The van der Waals surface area contributed by atoms with E-state index in [0.29, 0.717) is 0 Å². The maximum atomic E-state index is 10.1. The molecule has 1 saturated carbocycles. The lowest BCUT2D eigenvalue weighted by Gasteiger charge is -2.22. The molecule has 3 heteroatoms. The second kappa shape index (κ2) is 6.55. The predicted octanol–water partition coefficient (Wildman–Crippen LogP) is 3.50. The standard InChI is InChI=1S/C15H22ClNO/c1-2-17(11-12-3-4-12)10-9-15(18)13-5-7-14(16)8-6-13/h5-8,12,15,18H,2-4,9-11H2,1H3. The second-order valence-corrected chi connectivity index (χ2v) is 5.63. The topological polar surface area (TPSA) is 23.5 Å². The average molecular weight is 268 g/mol. The lowest BCUT2D eigenvalue weighted by atomic mass is 10.1. The molecule has 1 unspecified atom stereocenters. The summed E-state index contributed by atoms with van der Waals surface area (Å²) in [7, 11) is 0. The van der Waals surface area contributed by atoms with Crippen LogP contribution in [-0.2, 0) is 0 Å². The van der Waals surface area contributed by atoms with E-state index in [9.17, 15) is 5.11 Å². The number of benzene rings is 1. The zero-order chi connectivity index (χ0) is 13.0. The number of hydrogen-bond acceptors (Lipinski definition) is 2. The highest BCUT2D eigenvalue weighted by atomic mass is 35.5. The van der Waals surface area contributed by atoms with Gasteiger partial charge in [-0.3, -0.25) is 0 Å². The van der Waals surface area contributed by atoms with E-state index in [1.165, 1.54) is 19.4 Å². The molecule has 0 radical (unpaired) electrons. The van der Waals surface area contributed by atoms with Crippen LogP contribution in [0.3, 0.4) is 0 Å². The average Bonchev–Trinajstić information content (AvgIpc) is 3.18. The van der Waals surface area contributed by atoms with Gasteiger partial charge in [0.25, 0.3) is 0 Å². The van der Waals surface area contributed by atoms with Gasteiger partial charge in [-0.25, -0.2) is 0 Å². The lowest BCUT2D eigenvalue weighted by Crippen LogP contribution is -2.27. The minimum Gasteiger partial charge on any atom is -0.388 e. The third-order valence-electron chi connectivity index (χ3n) is 3.63. The molecule has 2 rings (SSSR count). The van der Waals surface area contributed by atoms with Crippen LogP contribution in [0.1, 0.15) is 37.9 Å². The molecule has 0 aromatic heterocycles. The highest BCUT2D eigenvalue weighted by Gasteiger charge is 2.23. The van der Waals surface area contributed by atoms with E-state index in [1.54, 1.807) is 0 Å². The summed E-state index contributed by atoms with van der Waals surface area (Å²) in [6, 6.07) is 7.48. The van der Waals surface area contributed by atoms with E-state index >= 15 is 0 Å². The summed E-state index contributed by atoms with van der Waals surface area (Å²) in [6.45, 7) is 5.43. The first kappa shape index (κ1) is 13.9. The van der Waals surface area contributed by atoms with Crippen molar-refractivity contribution in [3.8, 4) is 0 Å². The van der Waals surface area contributed by atoms with Crippen LogP contribution in [0, 0.1) is 5.92 Å². The quantitative estimate of drug-likeness (QED) is 0.817. The zero-order valence-corrected chi connectivity index (χ0v) is 11.7. The fourth-order valence-corrected chi connectivity index (χ4v) is 2.33. The molecule has 0 spiro atoms. The van der Waals surface area contributed by atoms with Crippen LogP contribution in [0.4, 0.5) is 0 Å². The molecule has 1 aliphatic carbocycles. The van der Waals surface area contributed by atoms with Gasteiger partial charge < -0.3 is 10.0 Å². The van der Waals surface area contributed by atoms with Crippen molar-refractivity contribution in [2.24, 2.45) is 5.92 Å². The molecule has 18 heavy (non-hydrogen) atoms. The zero-order valence-electron chi connectivity index (χ0n) is 11.0. The Morgan fingerprint density at radius 3 is 2.56 bits per heavy atom. The summed E-state index contributed by atoms with van der Waals surface area (Å²) >= 11 is 5.84. The van der Waals surface area contributed by atoms with Gasteiger partial charge in [-0.1, -0.05) is 30.7 Å². The monoisotopic (exact) mass is 267 g/mol. The van der Waals surface area contributed by atoms with Crippen LogP contribution >= 0.6 is 11.6 Å². The van der Waals surface area contributed by atoms with Crippen molar-refractivity contribution in [1.29, 1.82) is 0 Å². The molecule has 1 aromatic carbocycles. The molecule has 0 heterocycles. The first-order chi connectivity index (χ1) is 8.69. The second-order valence-electron chi connectivity index (χ2n) is 5.19. The minimum absolute atomic E-state index is 0.379. The van der Waals surface area contributed by atoms with Crippen molar-refractivity contribution in [3.63, 3.8) is 0 Å². The highest BCUT2D eigenvalue weighted by molar-refractivity contribution is 6.30. The molecule has 2 nitrogen and oxygen atoms in total. The number of nitrogens with zero attached hydrogens (tertiary/aromatic N) is 1. The molecular formula is C15H22ClNO. The van der Waals surface area contributed by atoms with Gasteiger partial charge >= 0.3 is 0 Å². The largest absolute Gasteiger partial charge is 0.388 e. The van der Waals surface area contributed by atoms with E-state index < -0.39 is 0 Å². The van der Waals surface area contributed by atoms with E-state index in [1.807, 2.05) is 24.3 Å². The summed E-state index contributed by atoms with van der Waals surface area (Å²) in [5.41, 5.74) is 0.960. The Bertz CT molecular complexity index is 361. The normalized spacial score (nSPS) is 17.1. The predicted molar refractivity (Wildman–Crippen MR) is 75.9 cm³/mol. The Morgan fingerprint density at radius 2 is 2.00 bits per heavy atom. The molecule has 1 aromatic rings. The van der Waals surface area contributed by atoms with Gasteiger partial charge in [-0.05, 0) is 49.4 Å². The number of hydrogen-bond donors (Lipinski definition) is 1. The number of halogens is 1. The number of aliphatic hydroxyl groups excluding tert-OH is 1. The maximum Gasteiger partial charge on any atom is 0.0802 e. The number of aliphatic hydroxyl groups is 1. The van der Waals surface area contributed by atoms with Gasteiger partial charge in [-0.15, -0.1) is 0 Å². The van der Waals surface area contributed by atoms with Gasteiger partial charge in [-0.2, -0.15) is 0 Å². The summed E-state index contributed by atoms with van der Waals surface area (Å²) < 4.78 is 0. The van der Waals surface area contributed by atoms with Crippen LogP contribution in [0.15, 0.2) is 24.3 Å². The fraction of sp³-hybridized carbons (Fsp3) is 0.600. The summed E-state index contributed by atoms with van der Waals surface area (Å²) in [5, 5.41) is 10.9. The fourth-order valence-electron chi connectivity index (χ4n) is 2.20. The third-order valence-corrected chi connectivity index (χ3v) is 3.89. The van der Waals surface area contributed by atoms with Crippen LogP contribution in [0.5, 0.6) is 0 Å². The van der Waals surface area contributed by atoms with Crippen molar-refractivity contribution in [2.75, 3.05) is 19.6 Å². The van der Waals surface area contributed by atoms with E-state index in [-0.39, 0.29) is 6.10 Å².